The molecule has 176 valence electrons. The molecule has 1 aliphatic heterocycles. The van der Waals surface area contributed by atoms with E-state index in [1.54, 1.807) is 30.6 Å². The van der Waals surface area contributed by atoms with Gasteiger partial charge in [0, 0.05) is 17.2 Å². The molecule has 0 bridgehead atoms. The first-order valence-corrected chi connectivity index (χ1v) is 13.6. The number of β-lactam (4-membered cyclic amide) rings is 1. The second-order valence-electron chi connectivity index (χ2n) is 8.40. The zero-order valence-corrected chi connectivity index (χ0v) is 21.2. The van der Waals surface area contributed by atoms with Crippen LogP contribution in [-0.2, 0) is 16.3 Å². The Hall–Kier alpha value is -3.15. The number of carbonyl (C=O) groups is 1. The van der Waals surface area contributed by atoms with Crippen molar-refractivity contribution in [3.05, 3.63) is 132 Å². The van der Waals surface area contributed by atoms with Crippen LogP contribution in [0.5, 0.6) is 5.75 Å². The van der Waals surface area contributed by atoms with E-state index in [9.17, 15) is 4.79 Å². The average Bonchev–Trinajstić information content (AvgIpc) is 2.93. The van der Waals surface area contributed by atoms with Gasteiger partial charge in [0.1, 0.15) is 5.75 Å². The van der Waals surface area contributed by atoms with Gasteiger partial charge in [0.15, 0.2) is 4.08 Å². The molecule has 1 saturated heterocycles. The monoisotopic (exact) mass is 497 g/mol. The molecule has 35 heavy (non-hydrogen) atoms. The summed E-state index contributed by atoms with van der Waals surface area (Å²) in [5, 5.41) is 0. The number of carbonyl (C=O) groups excluding carboxylic acids is 1. The van der Waals surface area contributed by atoms with Crippen LogP contribution in [0, 0.1) is 0 Å². The van der Waals surface area contributed by atoms with Gasteiger partial charge in [0.25, 0.3) is 5.91 Å². The molecule has 1 amide bonds. The summed E-state index contributed by atoms with van der Waals surface area (Å²) in [5.74, 6) is 2.46. The second kappa shape index (κ2) is 10.6. The fraction of sp³-hybridized carbons (Fsp3) is 0.167. The lowest BCUT2D eigenvalue weighted by atomic mass is 9.91. The lowest BCUT2D eigenvalue weighted by molar-refractivity contribution is -0.124. The van der Waals surface area contributed by atoms with Gasteiger partial charge in [-0.05, 0) is 41.0 Å². The van der Waals surface area contributed by atoms with Gasteiger partial charge in [-0.2, -0.15) is 0 Å². The molecule has 4 aromatic rings. The van der Waals surface area contributed by atoms with Gasteiger partial charge in [0.05, 0.1) is 13.2 Å². The Morgan fingerprint density at radius 1 is 0.714 bits per heavy atom. The van der Waals surface area contributed by atoms with E-state index in [0.717, 1.165) is 28.5 Å². The quantitative estimate of drug-likeness (QED) is 0.179. The van der Waals surface area contributed by atoms with Crippen molar-refractivity contribution in [2.24, 2.45) is 0 Å². The van der Waals surface area contributed by atoms with E-state index in [-0.39, 0.29) is 11.9 Å². The number of rotatable bonds is 9. The van der Waals surface area contributed by atoms with Crippen LogP contribution >= 0.6 is 23.5 Å². The van der Waals surface area contributed by atoms with Crippen LogP contribution in [-0.4, -0.2) is 17.1 Å². The Labute approximate surface area is 215 Å². The summed E-state index contributed by atoms with van der Waals surface area (Å²) in [6.45, 7) is 0. The second-order valence-corrected chi connectivity index (χ2v) is 11.1. The minimum Gasteiger partial charge on any atom is -0.497 e. The standard InChI is InChI=1S/C30H27NO2S2/c1-33-27-19-17-26(18-20-27)31-28(25-15-9-4-10-16-25)30(29(31)32,34-21-23-11-5-2-6-12-23)35-22-24-13-7-3-8-14-24/h2-20,28H,21-22H2,1H3/t28-/m1/s1. The van der Waals surface area contributed by atoms with Gasteiger partial charge in [0.2, 0.25) is 0 Å². The molecular weight excluding hydrogens is 470 g/mol. The van der Waals surface area contributed by atoms with Crippen LogP contribution in [0.3, 0.4) is 0 Å². The average molecular weight is 498 g/mol. The third-order valence-corrected chi connectivity index (χ3v) is 9.51. The number of anilines is 1. The fourth-order valence-corrected chi connectivity index (χ4v) is 7.45. The maximum Gasteiger partial charge on any atom is 0.256 e. The third kappa shape index (κ3) is 4.84. The highest BCUT2D eigenvalue weighted by atomic mass is 32.2. The van der Waals surface area contributed by atoms with E-state index < -0.39 is 4.08 Å². The first-order chi connectivity index (χ1) is 17.2. The van der Waals surface area contributed by atoms with E-state index in [2.05, 4.69) is 72.8 Å². The van der Waals surface area contributed by atoms with Crippen molar-refractivity contribution in [3.8, 4) is 5.75 Å². The van der Waals surface area contributed by atoms with Crippen LogP contribution in [0.4, 0.5) is 5.69 Å². The highest BCUT2D eigenvalue weighted by molar-refractivity contribution is 8.19. The van der Waals surface area contributed by atoms with Gasteiger partial charge in [-0.25, -0.2) is 0 Å². The van der Waals surface area contributed by atoms with Crippen LogP contribution in [0.2, 0.25) is 0 Å². The fourth-order valence-electron chi connectivity index (χ4n) is 4.37. The van der Waals surface area contributed by atoms with Crippen LogP contribution < -0.4 is 9.64 Å². The van der Waals surface area contributed by atoms with E-state index in [1.807, 2.05) is 47.4 Å². The van der Waals surface area contributed by atoms with Gasteiger partial charge in [-0.1, -0.05) is 91.0 Å². The molecule has 0 unspecified atom stereocenters. The van der Waals surface area contributed by atoms with Crippen LogP contribution in [0.1, 0.15) is 22.7 Å². The number of hydrogen-bond acceptors (Lipinski definition) is 4. The molecule has 5 rings (SSSR count). The number of thioether (sulfide) groups is 2. The topological polar surface area (TPSA) is 29.5 Å². The van der Waals surface area contributed by atoms with Crippen molar-refractivity contribution >= 4 is 35.1 Å². The molecule has 0 aromatic heterocycles. The minimum atomic E-state index is -0.632. The van der Waals surface area contributed by atoms with Crippen molar-refractivity contribution in [2.75, 3.05) is 12.0 Å². The Morgan fingerprint density at radius 3 is 1.69 bits per heavy atom. The molecule has 0 radical (unpaired) electrons. The third-order valence-electron chi connectivity index (χ3n) is 6.19. The smallest absolute Gasteiger partial charge is 0.256 e. The van der Waals surface area contributed by atoms with E-state index in [1.165, 1.54) is 11.1 Å². The Morgan fingerprint density at radius 2 is 1.20 bits per heavy atom. The van der Waals surface area contributed by atoms with Gasteiger partial charge < -0.3 is 9.64 Å². The van der Waals surface area contributed by atoms with Gasteiger partial charge >= 0.3 is 0 Å². The maximum absolute atomic E-state index is 14.1. The normalized spacial score (nSPS) is 16.5. The molecule has 0 spiro atoms. The predicted octanol–water partition coefficient (Wildman–Crippen LogP) is 7.35. The SMILES string of the molecule is COc1ccc(N2C(=O)C(SCc3ccccc3)(SCc3ccccc3)[C@H]2c2ccccc2)cc1. The Kier molecular flexibility index (Phi) is 7.16. The minimum absolute atomic E-state index is 0.0907. The molecule has 1 aliphatic rings. The van der Waals surface area contributed by atoms with Gasteiger partial charge in [-0.3, -0.25) is 4.79 Å². The number of amides is 1. The number of nitrogens with zero attached hydrogens (tertiary/aromatic N) is 1. The first-order valence-electron chi connectivity index (χ1n) is 11.6. The van der Waals surface area contributed by atoms with Crippen molar-refractivity contribution in [1.82, 2.24) is 0 Å². The highest BCUT2D eigenvalue weighted by Gasteiger charge is 2.62. The van der Waals surface area contributed by atoms with Gasteiger partial charge in [-0.15, -0.1) is 23.5 Å². The molecule has 0 aliphatic carbocycles. The zero-order chi connectivity index (χ0) is 24.1. The largest absolute Gasteiger partial charge is 0.497 e. The number of methoxy groups -OCH3 is 1. The molecule has 1 heterocycles. The summed E-state index contributed by atoms with van der Waals surface area (Å²) >= 11 is 3.49. The molecular formula is C30H27NO2S2. The van der Waals surface area contributed by atoms with Crippen LogP contribution in [0.15, 0.2) is 115 Å². The van der Waals surface area contributed by atoms with E-state index in [4.69, 9.17) is 4.74 Å². The zero-order valence-electron chi connectivity index (χ0n) is 19.5. The van der Waals surface area contributed by atoms with E-state index in [0.29, 0.717) is 0 Å². The van der Waals surface area contributed by atoms with Crippen LogP contribution in [0.25, 0.3) is 0 Å². The summed E-state index contributed by atoms with van der Waals surface area (Å²) in [6.07, 6.45) is 0. The summed E-state index contributed by atoms with van der Waals surface area (Å²) in [7, 11) is 1.65. The highest BCUT2D eigenvalue weighted by Crippen LogP contribution is 2.60. The lowest BCUT2D eigenvalue weighted by Crippen LogP contribution is -2.65. The molecule has 0 saturated carbocycles. The lowest BCUT2D eigenvalue weighted by Gasteiger charge is -2.55. The molecule has 3 nitrogen and oxygen atoms in total. The van der Waals surface area contributed by atoms with Crippen molar-refractivity contribution in [2.45, 2.75) is 21.6 Å². The Balaban J connectivity index is 1.53. The van der Waals surface area contributed by atoms with Crippen molar-refractivity contribution < 1.29 is 9.53 Å². The Bertz CT molecular complexity index is 1200. The molecule has 5 heteroatoms. The number of ether oxygens (including phenoxy) is 1. The van der Waals surface area contributed by atoms with E-state index >= 15 is 0 Å². The summed E-state index contributed by atoms with van der Waals surface area (Å²) in [4.78, 5) is 16.1. The van der Waals surface area contributed by atoms with Crippen molar-refractivity contribution in [3.63, 3.8) is 0 Å². The summed E-state index contributed by atoms with van der Waals surface area (Å²) < 4.78 is 4.71. The maximum atomic E-state index is 14.1. The summed E-state index contributed by atoms with van der Waals surface area (Å²) in [5.41, 5.74) is 4.48. The first kappa shape index (κ1) is 23.6. The molecule has 1 atom stereocenters. The molecule has 1 fully saturated rings. The predicted molar refractivity (Wildman–Crippen MR) is 148 cm³/mol. The number of hydrogen-bond donors (Lipinski definition) is 0. The number of benzene rings is 4. The summed E-state index contributed by atoms with van der Waals surface area (Å²) in [6, 6.07) is 38.9. The molecule has 0 N–H and O–H groups in total. The molecule has 4 aromatic carbocycles. The van der Waals surface area contributed by atoms with Crippen molar-refractivity contribution in [1.29, 1.82) is 0 Å².